The highest BCUT2D eigenvalue weighted by Gasteiger charge is 2.17. The molecule has 3 rings (SSSR count). The van der Waals surface area contributed by atoms with Gasteiger partial charge in [0.2, 0.25) is 0 Å². The van der Waals surface area contributed by atoms with Crippen molar-refractivity contribution in [3.05, 3.63) is 58.0 Å². The average Bonchev–Trinajstić information content (AvgIpc) is 2.54. The molecule has 2 aromatic heterocycles. The van der Waals surface area contributed by atoms with Crippen LogP contribution in [0.2, 0.25) is 0 Å². The molecule has 1 fully saturated rings. The summed E-state index contributed by atoms with van der Waals surface area (Å²) in [6.07, 6.45) is 5.40. The first kappa shape index (κ1) is 13.9. The summed E-state index contributed by atoms with van der Waals surface area (Å²) in [5.41, 5.74) is 1.92. The Hall–Kier alpha value is -2.01. The lowest BCUT2D eigenvalue weighted by atomic mass is 9.94. The van der Waals surface area contributed by atoms with E-state index in [9.17, 15) is 4.79 Å². The molecule has 2 N–H and O–H groups in total. The first-order valence-electron chi connectivity index (χ1n) is 7.52. The average molecular weight is 284 g/mol. The number of pyridine rings is 1. The van der Waals surface area contributed by atoms with Gasteiger partial charge in [-0.15, -0.1) is 0 Å². The summed E-state index contributed by atoms with van der Waals surface area (Å²) in [4.78, 5) is 23.6. The lowest BCUT2D eigenvalue weighted by Crippen LogP contribution is -2.28. The predicted octanol–water partition coefficient (Wildman–Crippen LogP) is 1.42. The number of nitrogens with one attached hydrogen (secondary N) is 2. The zero-order valence-electron chi connectivity index (χ0n) is 12.0. The van der Waals surface area contributed by atoms with E-state index >= 15 is 0 Å². The predicted molar refractivity (Wildman–Crippen MR) is 81.3 cm³/mol. The van der Waals surface area contributed by atoms with Gasteiger partial charge < -0.3 is 10.3 Å². The number of H-pyrrole nitrogens is 1. The van der Waals surface area contributed by atoms with Crippen molar-refractivity contribution >= 4 is 0 Å². The molecule has 5 heteroatoms. The second kappa shape index (κ2) is 6.63. The van der Waals surface area contributed by atoms with Crippen LogP contribution in [0.1, 0.15) is 36.0 Å². The standard InChI is InChI=1S/C16H20N4O/c21-16-11-14(12-6-9-17-10-7-12)19-15(20-16)5-4-13-3-1-2-8-18-13/h1-3,8,11-12,17H,4-7,9-10H2,(H,19,20,21). The SMILES string of the molecule is O=c1cc(C2CCNCC2)nc(CCc2ccccn2)[nH]1. The third-order valence-corrected chi connectivity index (χ3v) is 3.91. The molecule has 0 bridgehead atoms. The van der Waals surface area contributed by atoms with E-state index in [-0.39, 0.29) is 5.56 Å². The van der Waals surface area contributed by atoms with E-state index in [4.69, 9.17) is 0 Å². The Balaban J connectivity index is 1.73. The van der Waals surface area contributed by atoms with Crippen LogP contribution in [0.5, 0.6) is 0 Å². The third kappa shape index (κ3) is 3.76. The summed E-state index contributed by atoms with van der Waals surface area (Å²) in [6.45, 7) is 2.00. The summed E-state index contributed by atoms with van der Waals surface area (Å²) in [5, 5.41) is 3.34. The van der Waals surface area contributed by atoms with Crippen molar-refractivity contribution in [1.82, 2.24) is 20.3 Å². The highest BCUT2D eigenvalue weighted by Crippen LogP contribution is 2.22. The van der Waals surface area contributed by atoms with E-state index in [1.54, 1.807) is 12.3 Å². The number of aryl methyl sites for hydroxylation is 2. The van der Waals surface area contributed by atoms with Gasteiger partial charge >= 0.3 is 0 Å². The van der Waals surface area contributed by atoms with Crippen LogP contribution in [0.25, 0.3) is 0 Å². The zero-order chi connectivity index (χ0) is 14.5. The number of aromatic amines is 1. The smallest absolute Gasteiger partial charge is 0.251 e. The molecule has 1 aliphatic heterocycles. The number of hydrogen-bond acceptors (Lipinski definition) is 4. The van der Waals surface area contributed by atoms with Gasteiger partial charge in [-0.2, -0.15) is 0 Å². The van der Waals surface area contributed by atoms with Crippen LogP contribution in [0, 0.1) is 0 Å². The van der Waals surface area contributed by atoms with Gasteiger partial charge in [0, 0.05) is 30.3 Å². The fourth-order valence-corrected chi connectivity index (χ4v) is 2.77. The first-order valence-corrected chi connectivity index (χ1v) is 7.52. The third-order valence-electron chi connectivity index (χ3n) is 3.91. The van der Waals surface area contributed by atoms with Crippen LogP contribution in [-0.4, -0.2) is 28.0 Å². The van der Waals surface area contributed by atoms with Gasteiger partial charge in [0.1, 0.15) is 5.82 Å². The van der Waals surface area contributed by atoms with Gasteiger partial charge in [-0.05, 0) is 44.5 Å². The van der Waals surface area contributed by atoms with Crippen LogP contribution in [0.3, 0.4) is 0 Å². The van der Waals surface area contributed by atoms with Crippen molar-refractivity contribution < 1.29 is 0 Å². The van der Waals surface area contributed by atoms with Crippen molar-refractivity contribution in [3.8, 4) is 0 Å². The van der Waals surface area contributed by atoms with E-state index in [1.165, 1.54) is 0 Å². The van der Waals surface area contributed by atoms with Gasteiger partial charge in [0.05, 0.1) is 5.69 Å². The van der Waals surface area contributed by atoms with Crippen molar-refractivity contribution in [2.45, 2.75) is 31.6 Å². The highest BCUT2D eigenvalue weighted by atomic mass is 16.1. The van der Waals surface area contributed by atoms with Gasteiger partial charge in [0.25, 0.3) is 5.56 Å². The van der Waals surface area contributed by atoms with Crippen molar-refractivity contribution in [1.29, 1.82) is 0 Å². The molecule has 21 heavy (non-hydrogen) atoms. The normalized spacial score (nSPS) is 16.0. The van der Waals surface area contributed by atoms with Gasteiger partial charge in [-0.25, -0.2) is 4.98 Å². The van der Waals surface area contributed by atoms with E-state index in [0.29, 0.717) is 12.3 Å². The second-order valence-corrected chi connectivity index (χ2v) is 5.46. The maximum atomic E-state index is 11.8. The summed E-state index contributed by atoms with van der Waals surface area (Å²) >= 11 is 0. The van der Waals surface area contributed by atoms with E-state index in [1.807, 2.05) is 18.2 Å². The Morgan fingerprint density at radius 2 is 2.05 bits per heavy atom. The Morgan fingerprint density at radius 1 is 1.19 bits per heavy atom. The molecule has 0 aliphatic carbocycles. The number of nitrogens with zero attached hydrogens (tertiary/aromatic N) is 2. The van der Waals surface area contributed by atoms with Crippen LogP contribution in [0.4, 0.5) is 0 Å². The molecule has 0 aromatic carbocycles. The van der Waals surface area contributed by atoms with Crippen LogP contribution in [-0.2, 0) is 12.8 Å². The Bertz CT molecular complexity index is 632. The summed E-state index contributed by atoms with van der Waals surface area (Å²) in [6, 6.07) is 7.53. The zero-order valence-corrected chi connectivity index (χ0v) is 12.0. The summed E-state index contributed by atoms with van der Waals surface area (Å²) in [5.74, 6) is 1.17. The fourth-order valence-electron chi connectivity index (χ4n) is 2.77. The van der Waals surface area contributed by atoms with Crippen molar-refractivity contribution in [3.63, 3.8) is 0 Å². The molecule has 1 saturated heterocycles. The monoisotopic (exact) mass is 284 g/mol. The Labute approximate surface area is 123 Å². The molecule has 110 valence electrons. The number of piperidine rings is 1. The maximum absolute atomic E-state index is 11.8. The molecule has 0 unspecified atom stereocenters. The van der Waals surface area contributed by atoms with Gasteiger partial charge in [0.15, 0.2) is 0 Å². The molecule has 0 spiro atoms. The van der Waals surface area contributed by atoms with Crippen LogP contribution in [0.15, 0.2) is 35.3 Å². The molecule has 5 nitrogen and oxygen atoms in total. The molecule has 0 atom stereocenters. The molecule has 0 saturated carbocycles. The topological polar surface area (TPSA) is 70.7 Å². The van der Waals surface area contributed by atoms with Crippen molar-refractivity contribution in [2.24, 2.45) is 0 Å². The molecule has 3 heterocycles. The molecule has 0 radical (unpaired) electrons. The largest absolute Gasteiger partial charge is 0.317 e. The quantitative estimate of drug-likeness (QED) is 0.890. The number of hydrogen-bond donors (Lipinski definition) is 2. The number of rotatable bonds is 4. The maximum Gasteiger partial charge on any atom is 0.251 e. The molecular weight excluding hydrogens is 264 g/mol. The first-order chi connectivity index (χ1) is 10.3. The van der Waals surface area contributed by atoms with Crippen LogP contribution >= 0.6 is 0 Å². The van der Waals surface area contributed by atoms with E-state index < -0.39 is 0 Å². The summed E-state index contributed by atoms with van der Waals surface area (Å²) in [7, 11) is 0. The number of aromatic nitrogens is 3. The molecule has 2 aromatic rings. The second-order valence-electron chi connectivity index (χ2n) is 5.46. The fraction of sp³-hybridized carbons (Fsp3) is 0.438. The minimum absolute atomic E-state index is 0.0467. The minimum Gasteiger partial charge on any atom is -0.317 e. The van der Waals surface area contributed by atoms with Gasteiger partial charge in [-0.3, -0.25) is 9.78 Å². The Kier molecular flexibility index (Phi) is 4.40. The van der Waals surface area contributed by atoms with Crippen LogP contribution < -0.4 is 10.9 Å². The van der Waals surface area contributed by atoms with E-state index in [2.05, 4.69) is 20.3 Å². The summed E-state index contributed by atoms with van der Waals surface area (Å²) < 4.78 is 0. The minimum atomic E-state index is -0.0467. The van der Waals surface area contributed by atoms with Gasteiger partial charge in [-0.1, -0.05) is 6.07 Å². The molecule has 1 aliphatic rings. The highest BCUT2D eigenvalue weighted by molar-refractivity contribution is 5.11. The lowest BCUT2D eigenvalue weighted by Gasteiger charge is -2.22. The molecular formula is C16H20N4O. The Morgan fingerprint density at radius 3 is 2.81 bits per heavy atom. The molecule has 0 amide bonds. The van der Waals surface area contributed by atoms with Crippen molar-refractivity contribution in [2.75, 3.05) is 13.1 Å². The lowest BCUT2D eigenvalue weighted by molar-refractivity contribution is 0.451. The van der Waals surface area contributed by atoms with E-state index in [0.717, 1.165) is 49.6 Å².